The van der Waals surface area contributed by atoms with Crippen LogP contribution in [0.5, 0.6) is 0 Å². The lowest BCUT2D eigenvalue weighted by molar-refractivity contribution is -0.0900. The lowest BCUT2D eigenvalue weighted by Gasteiger charge is -2.58. The van der Waals surface area contributed by atoms with Crippen molar-refractivity contribution >= 4 is 0 Å². The van der Waals surface area contributed by atoms with Gasteiger partial charge in [0, 0.05) is 24.5 Å². The number of nitrogens with zero attached hydrogens (tertiary/aromatic N) is 2. The van der Waals surface area contributed by atoms with Gasteiger partial charge in [0.15, 0.2) is 0 Å². The van der Waals surface area contributed by atoms with E-state index < -0.39 is 0 Å². The highest BCUT2D eigenvalue weighted by Crippen LogP contribution is 2.51. The van der Waals surface area contributed by atoms with Gasteiger partial charge >= 0.3 is 0 Å². The van der Waals surface area contributed by atoms with Crippen LogP contribution in [0.4, 0.5) is 0 Å². The van der Waals surface area contributed by atoms with E-state index in [1.807, 2.05) is 0 Å². The third-order valence-electron chi connectivity index (χ3n) is 5.39. The highest BCUT2D eigenvalue weighted by molar-refractivity contribution is 5.03. The van der Waals surface area contributed by atoms with Crippen LogP contribution >= 0.6 is 0 Å². The molecule has 0 radical (unpaired) electrons. The zero-order valence-electron chi connectivity index (χ0n) is 13.7. The van der Waals surface area contributed by atoms with Crippen molar-refractivity contribution in [1.29, 1.82) is 0 Å². The highest BCUT2D eigenvalue weighted by atomic mass is 15.2. The summed E-state index contributed by atoms with van der Waals surface area (Å²) in [5.74, 6) is 0. The lowest BCUT2D eigenvalue weighted by Crippen LogP contribution is -2.61. The van der Waals surface area contributed by atoms with Crippen molar-refractivity contribution in [2.24, 2.45) is 10.8 Å². The molecule has 0 aliphatic carbocycles. The molecular weight excluding hydrogens is 220 g/mol. The van der Waals surface area contributed by atoms with Crippen LogP contribution in [0.2, 0.25) is 0 Å². The molecule has 1 rings (SSSR count). The van der Waals surface area contributed by atoms with E-state index in [4.69, 9.17) is 0 Å². The van der Waals surface area contributed by atoms with Gasteiger partial charge in [0.1, 0.15) is 0 Å². The zero-order valence-corrected chi connectivity index (χ0v) is 13.7. The summed E-state index contributed by atoms with van der Waals surface area (Å²) >= 11 is 0. The Hall–Kier alpha value is -0.0800. The van der Waals surface area contributed by atoms with Gasteiger partial charge in [0.25, 0.3) is 0 Å². The van der Waals surface area contributed by atoms with E-state index in [-0.39, 0.29) is 0 Å². The van der Waals surface area contributed by atoms with Crippen molar-refractivity contribution < 1.29 is 0 Å². The molecule has 0 aromatic heterocycles. The molecule has 18 heavy (non-hydrogen) atoms. The summed E-state index contributed by atoms with van der Waals surface area (Å²) in [6.07, 6.45) is 3.88. The predicted molar refractivity (Wildman–Crippen MR) is 81.0 cm³/mol. The minimum absolute atomic E-state index is 0.440. The molecule has 2 nitrogen and oxygen atoms in total. The fourth-order valence-corrected chi connectivity index (χ4v) is 3.80. The lowest BCUT2D eigenvalue weighted by atomic mass is 9.57. The minimum Gasteiger partial charge on any atom is -0.305 e. The van der Waals surface area contributed by atoms with Crippen LogP contribution in [0.3, 0.4) is 0 Å². The Bertz CT molecular complexity index is 254. The van der Waals surface area contributed by atoms with Crippen LogP contribution in [0.1, 0.15) is 53.9 Å². The van der Waals surface area contributed by atoms with Crippen LogP contribution in [0.25, 0.3) is 0 Å². The number of rotatable bonds is 7. The van der Waals surface area contributed by atoms with Gasteiger partial charge in [-0.1, -0.05) is 27.7 Å². The molecule has 108 valence electrons. The van der Waals surface area contributed by atoms with Crippen LogP contribution in [-0.4, -0.2) is 49.6 Å². The molecule has 1 saturated heterocycles. The maximum Gasteiger partial charge on any atom is 0.00691 e. The van der Waals surface area contributed by atoms with Crippen LogP contribution in [-0.2, 0) is 0 Å². The molecule has 0 saturated carbocycles. The Labute approximate surface area is 115 Å². The van der Waals surface area contributed by atoms with Crippen molar-refractivity contribution in [3.05, 3.63) is 0 Å². The van der Waals surface area contributed by atoms with Gasteiger partial charge in [-0.15, -0.1) is 0 Å². The summed E-state index contributed by atoms with van der Waals surface area (Å²) < 4.78 is 0. The molecular formula is C16H34N2. The minimum atomic E-state index is 0.440. The third-order valence-corrected chi connectivity index (χ3v) is 5.39. The second kappa shape index (κ2) is 5.92. The van der Waals surface area contributed by atoms with Gasteiger partial charge in [-0.25, -0.2) is 0 Å². The van der Waals surface area contributed by atoms with E-state index in [2.05, 4.69) is 58.5 Å². The van der Waals surface area contributed by atoms with Gasteiger partial charge in [-0.05, 0) is 52.2 Å². The maximum atomic E-state index is 2.52. The van der Waals surface area contributed by atoms with Gasteiger partial charge < -0.3 is 9.80 Å². The average Bonchev–Trinajstić information content (AvgIpc) is 2.23. The van der Waals surface area contributed by atoms with Crippen molar-refractivity contribution in [2.45, 2.75) is 59.9 Å². The van der Waals surface area contributed by atoms with E-state index >= 15 is 0 Å². The Morgan fingerprint density at radius 3 is 2.22 bits per heavy atom. The standard InChI is InChI=1S/C16H34N2/c1-8-10-18(7)14(3)11-15(4,5)16(9-2)12-17(6)13-16/h14H,8-13H2,1-7H3. The smallest absolute Gasteiger partial charge is 0.00691 e. The molecule has 0 N–H and O–H groups in total. The molecule has 0 spiro atoms. The summed E-state index contributed by atoms with van der Waals surface area (Å²) in [7, 11) is 4.52. The largest absolute Gasteiger partial charge is 0.305 e. The first-order valence-corrected chi connectivity index (χ1v) is 7.67. The molecule has 1 unspecified atom stereocenters. The molecule has 1 aliphatic heterocycles. The molecule has 1 heterocycles. The summed E-state index contributed by atoms with van der Waals surface area (Å²) in [5, 5.41) is 0. The van der Waals surface area contributed by atoms with E-state index in [1.165, 1.54) is 38.9 Å². The van der Waals surface area contributed by atoms with Crippen molar-refractivity contribution in [3.8, 4) is 0 Å². The van der Waals surface area contributed by atoms with Crippen LogP contribution < -0.4 is 0 Å². The molecule has 1 fully saturated rings. The molecule has 0 amide bonds. The first kappa shape index (κ1) is 16.0. The third kappa shape index (κ3) is 3.08. The van der Waals surface area contributed by atoms with E-state index in [0.717, 1.165) is 0 Å². The highest BCUT2D eigenvalue weighted by Gasteiger charge is 2.50. The number of likely N-dealkylation sites (tertiary alicyclic amines) is 1. The summed E-state index contributed by atoms with van der Waals surface area (Å²) in [5.41, 5.74) is 0.985. The topological polar surface area (TPSA) is 6.48 Å². The maximum absolute atomic E-state index is 2.52. The SMILES string of the molecule is CCCN(C)C(C)CC(C)(C)C1(CC)CN(C)C1. The molecule has 0 aromatic carbocycles. The van der Waals surface area contributed by atoms with Gasteiger partial charge in [0.2, 0.25) is 0 Å². The number of hydrogen-bond donors (Lipinski definition) is 0. The summed E-state index contributed by atoms with van der Waals surface area (Å²) in [6, 6.07) is 0.689. The Kier molecular flexibility index (Phi) is 5.25. The fraction of sp³-hybridized carbons (Fsp3) is 1.00. The van der Waals surface area contributed by atoms with Crippen molar-refractivity contribution in [1.82, 2.24) is 9.80 Å². The summed E-state index contributed by atoms with van der Waals surface area (Å²) in [6.45, 7) is 15.8. The van der Waals surface area contributed by atoms with Crippen LogP contribution in [0, 0.1) is 10.8 Å². The zero-order chi connectivity index (χ0) is 14.0. The number of hydrogen-bond acceptors (Lipinski definition) is 2. The van der Waals surface area contributed by atoms with E-state index in [1.54, 1.807) is 0 Å². The summed E-state index contributed by atoms with van der Waals surface area (Å²) in [4.78, 5) is 4.99. The molecule has 1 atom stereocenters. The van der Waals surface area contributed by atoms with Gasteiger partial charge in [-0.3, -0.25) is 0 Å². The van der Waals surface area contributed by atoms with Crippen molar-refractivity contribution in [3.63, 3.8) is 0 Å². The molecule has 1 aliphatic rings. The van der Waals surface area contributed by atoms with Gasteiger partial charge in [-0.2, -0.15) is 0 Å². The molecule has 0 bridgehead atoms. The Balaban J connectivity index is 2.63. The van der Waals surface area contributed by atoms with E-state index in [9.17, 15) is 0 Å². The first-order valence-electron chi connectivity index (χ1n) is 7.67. The van der Waals surface area contributed by atoms with Crippen LogP contribution in [0.15, 0.2) is 0 Å². The average molecular weight is 254 g/mol. The first-order chi connectivity index (χ1) is 8.28. The van der Waals surface area contributed by atoms with Crippen molar-refractivity contribution in [2.75, 3.05) is 33.7 Å². The second-order valence-corrected chi connectivity index (χ2v) is 7.22. The Morgan fingerprint density at radius 1 is 1.28 bits per heavy atom. The quantitative estimate of drug-likeness (QED) is 0.686. The fourth-order valence-electron chi connectivity index (χ4n) is 3.80. The second-order valence-electron chi connectivity index (χ2n) is 7.22. The Morgan fingerprint density at radius 2 is 1.83 bits per heavy atom. The van der Waals surface area contributed by atoms with E-state index in [0.29, 0.717) is 16.9 Å². The molecule has 2 heteroatoms. The normalized spacial score (nSPS) is 22.0. The van der Waals surface area contributed by atoms with Gasteiger partial charge in [0.05, 0.1) is 0 Å². The monoisotopic (exact) mass is 254 g/mol. The molecule has 0 aromatic rings. The predicted octanol–water partition coefficient (Wildman–Crippen LogP) is 3.47.